The van der Waals surface area contributed by atoms with E-state index in [9.17, 15) is 0 Å². The molecule has 0 fully saturated rings. The van der Waals surface area contributed by atoms with Crippen LogP contribution < -0.4 is 4.74 Å². The van der Waals surface area contributed by atoms with Gasteiger partial charge in [0.25, 0.3) is 0 Å². The quantitative estimate of drug-likeness (QED) is 0.690. The van der Waals surface area contributed by atoms with Crippen LogP contribution >= 0.6 is 11.3 Å². The molecule has 3 rings (SSSR count). The third-order valence-electron chi connectivity index (χ3n) is 4.25. The molecule has 0 aliphatic heterocycles. The third-order valence-corrected chi connectivity index (χ3v) is 5.24. The van der Waals surface area contributed by atoms with Crippen molar-refractivity contribution in [2.75, 3.05) is 26.7 Å². The molecule has 22 heavy (non-hydrogen) atoms. The highest BCUT2D eigenvalue weighted by molar-refractivity contribution is 7.18. The zero-order valence-electron chi connectivity index (χ0n) is 13.7. The number of aromatic nitrogens is 2. The zero-order valence-corrected chi connectivity index (χ0v) is 14.5. The Morgan fingerprint density at radius 2 is 2.05 bits per heavy atom. The summed E-state index contributed by atoms with van der Waals surface area (Å²) in [4.78, 5) is 8.46. The summed E-state index contributed by atoms with van der Waals surface area (Å²) in [6.45, 7) is 10.8. The van der Waals surface area contributed by atoms with Crippen molar-refractivity contribution < 1.29 is 4.74 Å². The number of methoxy groups -OCH3 is 1. The van der Waals surface area contributed by atoms with Crippen molar-refractivity contribution >= 4 is 32.6 Å². The van der Waals surface area contributed by atoms with E-state index in [2.05, 4.69) is 42.4 Å². The van der Waals surface area contributed by atoms with E-state index >= 15 is 0 Å². The first-order chi connectivity index (χ1) is 10.7. The molecule has 0 aliphatic carbocycles. The number of nitrogens with zero attached hydrogens (tertiary/aromatic N) is 3. The van der Waals surface area contributed by atoms with E-state index in [1.54, 1.807) is 18.4 Å². The SMILES string of the molecule is CCN(CC)CCn1c2ccc(OC)cc2c2nc(C)sc21. The molecule has 0 saturated carbocycles. The largest absolute Gasteiger partial charge is 0.497 e. The number of thiazole rings is 1. The molecule has 118 valence electrons. The fraction of sp³-hybridized carbons (Fsp3) is 0.471. The van der Waals surface area contributed by atoms with Crippen molar-refractivity contribution in [3.05, 3.63) is 23.2 Å². The minimum Gasteiger partial charge on any atom is -0.497 e. The number of hydrogen-bond acceptors (Lipinski definition) is 4. The molecule has 0 saturated heterocycles. The molecule has 2 heterocycles. The lowest BCUT2D eigenvalue weighted by molar-refractivity contribution is 0.293. The number of benzene rings is 1. The van der Waals surface area contributed by atoms with Gasteiger partial charge in [0.1, 0.15) is 16.1 Å². The van der Waals surface area contributed by atoms with E-state index in [1.165, 1.54) is 15.7 Å². The van der Waals surface area contributed by atoms with E-state index in [4.69, 9.17) is 9.72 Å². The Balaban J connectivity index is 2.09. The van der Waals surface area contributed by atoms with Crippen LogP contribution in [0.3, 0.4) is 0 Å². The van der Waals surface area contributed by atoms with Gasteiger partial charge in [-0.15, -0.1) is 11.3 Å². The lowest BCUT2D eigenvalue weighted by atomic mass is 10.2. The molecule has 0 aliphatic rings. The van der Waals surface area contributed by atoms with Crippen LogP contribution in [0.2, 0.25) is 0 Å². The molecular formula is C17H23N3OS. The molecule has 0 N–H and O–H groups in total. The maximum absolute atomic E-state index is 5.38. The highest BCUT2D eigenvalue weighted by atomic mass is 32.1. The summed E-state index contributed by atoms with van der Waals surface area (Å²) in [5, 5.41) is 2.31. The Morgan fingerprint density at radius 1 is 1.27 bits per heavy atom. The predicted octanol–water partition coefficient (Wildman–Crippen LogP) is 3.91. The van der Waals surface area contributed by atoms with Gasteiger partial charge in [-0.05, 0) is 38.2 Å². The monoisotopic (exact) mass is 317 g/mol. The Bertz CT molecular complexity index is 786. The smallest absolute Gasteiger partial charge is 0.124 e. The van der Waals surface area contributed by atoms with Crippen LogP contribution in [0.15, 0.2) is 18.2 Å². The molecule has 4 nitrogen and oxygen atoms in total. The van der Waals surface area contributed by atoms with Gasteiger partial charge in [-0.3, -0.25) is 0 Å². The fourth-order valence-electron chi connectivity index (χ4n) is 2.95. The molecule has 3 aromatic rings. The summed E-state index contributed by atoms with van der Waals surface area (Å²) in [5.74, 6) is 0.890. The van der Waals surface area contributed by atoms with Crippen molar-refractivity contribution in [2.24, 2.45) is 0 Å². The second-order valence-electron chi connectivity index (χ2n) is 5.45. The summed E-state index contributed by atoms with van der Waals surface area (Å²) >= 11 is 1.78. The van der Waals surface area contributed by atoms with Crippen LogP contribution in [0.25, 0.3) is 21.3 Å². The molecule has 0 spiro atoms. The Kier molecular flexibility index (Phi) is 4.36. The number of rotatable bonds is 6. The van der Waals surface area contributed by atoms with Crippen LogP contribution in [0.1, 0.15) is 18.9 Å². The first kappa shape index (κ1) is 15.3. The predicted molar refractivity (Wildman–Crippen MR) is 94.2 cm³/mol. The minimum absolute atomic E-state index is 0.890. The van der Waals surface area contributed by atoms with E-state index in [1.807, 2.05) is 6.07 Å². The van der Waals surface area contributed by atoms with E-state index in [0.717, 1.165) is 42.5 Å². The zero-order chi connectivity index (χ0) is 15.7. The standard InChI is InChI=1S/C17H23N3OS/c1-5-19(6-2)9-10-20-15-8-7-13(21-4)11-14(15)16-17(20)22-12(3)18-16/h7-8,11H,5-6,9-10H2,1-4H3. The van der Waals surface area contributed by atoms with Crippen LogP contribution in [0.4, 0.5) is 0 Å². The van der Waals surface area contributed by atoms with Crippen LogP contribution in [-0.4, -0.2) is 41.2 Å². The van der Waals surface area contributed by atoms with E-state index < -0.39 is 0 Å². The van der Waals surface area contributed by atoms with Gasteiger partial charge in [-0.2, -0.15) is 0 Å². The summed E-state index contributed by atoms with van der Waals surface area (Å²) in [7, 11) is 1.71. The first-order valence-electron chi connectivity index (χ1n) is 7.83. The van der Waals surface area contributed by atoms with Crippen molar-refractivity contribution in [3.8, 4) is 5.75 Å². The summed E-state index contributed by atoms with van der Waals surface area (Å²) in [6, 6.07) is 6.29. The van der Waals surface area contributed by atoms with Gasteiger partial charge < -0.3 is 14.2 Å². The summed E-state index contributed by atoms with van der Waals surface area (Å²) in [5.41, 5.74) is 2.36. The molecule has 2 aromatic heterocycles. The number of hydrogen-bond donors (Lipinski definition) is 0. The number of likely N-dealkylation sites (N-methyl/N-ethyl adjacent to an activating group) is 1. The van der Waals surface area contributed by atoms with E-state index in [-0.39, 0.29) is 0 Å². The van der Waals surface area contributed by atoms with Gasteiger partial charge in [0, 0.05) is 18.5 Å². The Labute approximate surface area is 135 Å². The summed E-state index contributed by atoms with van der Waals surface area (Å²) < 4.78 is 7.79. The van der Waals surface area contributed by atoms with Gasteiger partial charge in [-0.1, -0.05) is 13.8 Å². The van der Waals surface area contributed by atoms with Gasteiger partial charge in [0.2, 0.25) is 0 Å². The second-order valence-corrected chi connectivity index (χ2v) is 6.63. The molecule has 0 bridgehead atoms. The van der Waals surface area contributed by atoms with Crippen molar-refractivity contribution in [1.82, 2.24) is 14.5 Å². The Morgan fingerprint density at radius 3 is 2.73 bits per heavy atom. The highest BCUT2D eigenvalue weighted by Crippen LogP contribution is 2.34. The average molecular weight is 317 g/mol. The van der Waals surface area contributed by atoms with Crippen LogP contribution in [-0.2, 0) is 6.54 Å². The lowest BCUT2D eigenvalue weighted by Gasteiger charge is -2.18. The number of aryl methyl sites for hydroxylation is 1. The normalized spacial score (nSPS) is 11.9. The fourth-order valence-corrected chi connectivity index (χ4v) is 3.92. The van der Waals surface area contributed by atoms with Gasteiger partial charge >= 0.3 is 0 Å². The maximum Gasteiger partial charge on any atom is 0.124 e. The molecule has 5 heteroatoms. The minimum atomic E-state index is 0.890. The topological polar surface area (TPSA) is 30.3 Å². The van der Waals surface area contributed by atoms with Crippen molar-refractivity contribution in [1.29, 1.82) is 0 Å². The molecule has 0 radical (unpaired) electrons. The van der Waals surface area contributed by atoms with Gasteiger partial charge in [-0.25, -0.2) is 4.98 Å². The van der Waals surface area contributed by atoms with Crippen LogP contribution in [0, 0.1) is 6.92 Å². The second kappa shape index (κ2) is 6.26. The number of fused-ring (bicyclic) bond motifs is 3. The highest BCUT2D eigenvalue weighted by Gasteiger charge is 2.15. The molecule has 1 aromatic carbocycles. The van der Waals surface area contributed by atoms with Crippen molar-refractivity contribution in [3.63, 3.8) is 0 Å². The number of ether oxygens (including phenoxy) is 1. The molecule has 0 amide bonds. The molecular weight excluding hydrogens is 294 g/mol. The average Bonchev–Trinajstić information content (AvgIpc) is 3.04. The summed E-state index contributed by atoms with van der Waals surface area (Å²) in [6.07, 6.45) is 0. The van der Waals surface area contributed by atoms with Gasteiger partial charge in [0.05, 0.1) is 17.6 Å². The lowest BCUT2D eigenvalue weighted by Crippen LogP contribution is -2.26. The Hall–Kier alpha value is -1.59. The third kappa shape index (κ3) is 2.59. The molecule has 0 unspecified atom stereocenters. The maximum atomic E-state index is 5.38. The van der Waals surface area contributed by atoms with Crippen LogP contribution in [0.5, 0.6) is 5.75 Å². The molecule has 0 atom stereocenters. The van der Waals surface area contributed by atoms with Gasteiger partial charge in [0.15, 0.2) is 0 Å². The first-order valence-corrected chi connectivity index (χ1v) is 8.65. The van der Waals surface area contributed by atoms with Crippen molar-refractivity contribution in [2.45, 2.75) is 27.3 Å². The van der Waals surface area contributed by atoms with E-state index in [0.29, 0.717) is 0 Å².